The highest BCUT2D eigenvalue weighted by atomic mass is 16.6. The second-order valence-corrected chi connectivity index (χ2v) is 2.21. The van der Waals surface area contributed by atoms with E-state index in [1.165, 1.54) is 12.1 Å². The average Bonchev–Trinajstić information content (AvgIpc) is 2.16. The Labute approximate surface area is 73.1 Å². The minimum atomic E-state index is -0.681. The Morgan fingerprint density at radius 2 is 2.31 bits per heavy atom. The normalized spacial score (nSPS) is 8.92. The first kappa shape index (κ1) is 8.96. The van der Waals surface area contributed by atoms with Gasteiger partial charge >= 0.3 is 0 Å². The number of nitriles is 1. The summed E-state index contributed by atoms with van der Waals surface area (Å²) in [6.07, 6.45) is 0. The van der Waals surface area contributed by atoms with Crippen molar-refractivity contribution in [3.8, 4) is 6.07 Å². The zero-order valence-electron chi connectivity index (χ0n) is 6.39. The Hall–Kier alpha value is -2.13. The summed E-state index contributed by atoms with van der Waals surface area (Å²) in [6.45, 7) is 0. The molecular formula is C7H5N3O3. The minimum Gasteiger partial charge on any atom is -0.291 e. The molecule has 1 rings (SSSR count). The van der Waals surface area contributed by atoms with Gasteiger partial charge in [-0.05, 0) is 12.1 Å². The fourth-order valence-electron chi connectivity index (χ4n) is 0.847. The van der Waals surface area contributed by atoms with Crippen molar-refractivity contribution in [2.24, 2.45) is 0 Å². The third-order valence-corrected chi connectivity index (χ3v) is 1.44. The van der Waals surface area contributed by atoms with E-state index in [2.05, 4.69) is 0 Å². The van der Waals surface area contributed by atoms with Crippen LogP contribution < -0.4 is 5.48 Å². The first-order valence-corrected chi connectivity index (χ1v) is 3.27. The maximum Gasteiger partial charge on any atom is 0.295 e. The maximum atomic E-state index is 10.4. The lowest BCUT2D eigenvalue weighted by Gasteiger charge is -1.99. The average molecular weight is 179 g/mol. The highest BCUT2D eigenvalue weighted by Crippen LogP contribution is 2.24. The number of hydrogen-bond donors (Lipinski definition) is 2. The zero-order chi connectivity index (χ0) is 9.84. The molecular weight excluding hydrogens is 174 g/mol. The number of nitro groups is 1. The number of hydrogen-bond acceptors (Lipinski definition) is 5. The molecule has 0 fully saturated rings. The molecule has 0 heterocycles. The van der Waals surface area contributed by atoms with Crippen molar-refractivity contribution in [2.45, 2.75) is 0 Å². The van der Waals surface area contributed by atoms with Crippen LogP contribution in [0.2, 0.25) is 0 Å². The molecule has 0 radical (unpaired) electrons. The Balaban J connectivity index is 3.28. The van der Waals surface area contributed by atoms with Gasteiger partial charge in [0.2, 0.25) is 0 Å². The number of rotatable bonds is 2. The van der Waals surface area contributed by atoms with Crippen molar-refractivity contribution in [3.05, 3.63) is 33.9 Å². The van der Waals surface area contributed by atoms with Crippen molar-refractivity contribution in [1.82, 2.24) is 0 Å². The second-order valence-electron chi connectivity index (χ2n) is 2.21. The second kappa shape index (κ2) is 3.51. The van der Waals surface area contributed by atoms with Gasteiger partial charge in [-0.15, -0.1) is 0 Å². The Morgan fingerprint density at radius 1 is 1.62 bits per heavy atom. The van der Waals surface area contributed by atoms with Crippen LogP contribution in [0.3, 0.4) is 0 Å². The molecule has 0 atom stereocenters. The molecule has 1 aromatic rings. The van der Waals surface area contributed by atoms with Crippen LogP contribution in [0.15, 0.2) is 18.2 Å². The Kier molecular flexibility index (Phi) is 2.42. The molecule has 1 aromatic carbocycles. The number of nitrogens with one attached hydrogen (secondary N) is 1. The molecule has 6 nitrogen and oxygen atoms in total. The molecule has 0 spiro atoms. The van der Waals surface area contributed by atoms with Gasteiger partial charge in [0, 0.05) is 6.07 Å². The van der Waals surface area contributed by atoms with Gasteiger partial charge in [0.1, 0.15) is 5.69 Å². The molecule has 13 heavy (non-hydrogen) atoms. The monoisotopic (exact) mass is 179 g/mol. The molecule has 0 aliphatic rings. The quantitative estimate of drug-likeness (QED) is 0.526. The first-order valence-electron chi connectivity index (χ1n) is 3.27. The maximum absolute atomic E-state index is 10.4. The highest BCUT2D eigenvalue weighted by Gasteiger charge is 2.13. The van der Waals surface area contributed by atoms with Gasteiger partial charge in [-0.3, -0.25) is 20.8 Å². The first-order chi connectivity index (χ1) is 6.19. The zero-order valence-corrected chi connectivity index (χ0v) is 6.39. The van der Waals surface area contributed by atoms with E-state index >= 15 is 0 Å². The third-order valence-electron chi connectivity index (χ3n) is 1.44. The van der Waals surface area contributed by atoms with Gasteiger partial charge in [-0.2, -0.15) is 5.26 Å². The lowest BCUT2D eigenvalue weighted by atomic mass is 10.2. The predicted molar refractivity (Wildman–Crippen MR) is 43.2 cm³/mol. The molecule has 0 aliphatic carbocycles. The molecule has 0 aliphatic heterocycles. The summed E-state index contributed by atoms with van der Waals surface area (Å²) >= 11 is 0. The molecule has 0 bridgehead atoms. The Morgan fingerprint density at radius 3 is 2.77 bits per heavy atom. The van der Waals surface area contributed by atoms with Crippen LogP contribution in [0.5, 0.6) is 0 Å². The van der Waals surface area contributed by atoms with Gasteiger partial charge in [-0.1, -0.05) is 0 Å². The summed E-state index contributed by atoms with van der Waals surface area (Å²) in [5.41, 5.74) is 1.48. The van der Waals surface area contributed by atoms with E-state index in [4.69, 9.17) is 10.5 Å². The van der Waals surface area contributed by atoms with Crippen molar-refractivity contribution >= 4 is 11.4 Å². The third kappa shape index (κ3) is 1.72. The van der Waals surface area contributed by atoms with E-state index in [-0.39, 0.29) is 16.9 Å². The van der Waals surface area contributed by atoms with Gasteiger partial charge in [-0.25, -0.2) is 0 Å². The summed E-state index contributed by atoms with van der Waals surface area (Å²) in [4.78, 5) is 9.71. The molecule has 0 unspecified atom stereocenters. The van der Waals surface area contributed by atoms with E-state index in [1.807, 2.05) is 0 Å². The van der Waals surface area contributed by atoms with Gasteiger partial charge in [0.25, 0.3) is 5.69 Å². The molecule has 0 saturated heterocycles. The van der Waals surface area contributed by atoms with Crippen LogP contribution in [0, 0.1) is 21.4 Å². The summed E-state index contributed by atoms with van der Waals surface area (Å²) in [5.74, 6) is 0. The highest BCUT2D eigenvalue weighted by molar-refractivity contribution is 5.62. The summed E-state index contributed by atoms with van der Waals surface area (Å²) in [6, 6.07) is 5.47. The topological polar surface area (TPSA) is 99.2 Å². The van der Waals surface area contributed by atoms with E-state index in [9.17, 15) is 10.1 Å². The van der Waals surface area contributed by atoms with Gasteiger partial charge < -0.3 is 0 Å². The predicted octanol–water partition coefficient (Wildman–Crippen LogP) is 1.27. The smallest absolute Gasteiger partial charge is 0.291 e. The number of anilines is 1. The summed E-state index contributed by atoms with van der Waals surface area (Å²) in [7, 11) is 0. The lowest BCUT2D eigenvalue weighted by molar-refractivity contribution is -0.384. The van der Waals surface area contributed by atoms with Crippen molar-refractivity contribution < 1.29 is 10.1 Å². The van der Waals surface area contributed by atoms with E-state index in [1.54, 1.807) is 11.5 Å². The Bertz CT molecular complexity index is 383. The molecule has 6 heteroatoms. The molecule has 0 amide bonds. The number of nitrogens with zero attached hydrogens (tertiary/aromatic N) is 2. The molecule has 66 valence electrons. The molecule has 0 saturated carbocycles. The SMILES string of the molecule is N#Cc1ccc(NO)c([N+](=O)[O-])c1. The lowest BCUT2D eigenvalue weighted by Crippen LogP contribution is -1.97. The van der Waals surface area contributed by atoms with Crippen molar-refractivity contribution in [3.63, 3.8) is 0 Å². The van der Waals surface area contributed by atoms with Crippen LogP contribution >= 0.6 is 0 Å². The van der Waals surface area contributed by atoms with Crippen LogP contribution in [-0.2, 0) is 0 Å². The van der Waals surface area contributed by atoms with Gasteiger partial charge in [0.15, 0.2) is 0 Å². The molecule has 0 aromatic heterocycles. The minimum absolute atomic E-state index is 0.0380. The number of nitro benzene ring substituents is 1. The number of benzene rings is 1. The largest absolute Gasteiger partial charge is 0.295 e. The van der Waals surface area contributed by atoms with Crippen LogP contribution in [0.1, 0.15) is 5.56 Å². The van der Waals surface area contributed by atoms with Gasteiger partial charge in [0.05, 0.1) is 16.6 Å². The summed E-state index contributed by atoms with van der Waals surface area (Å²) in [5, 5.41) is 27.3. The fraction of sp³-hybridized carbons (Fsp3) is 0. The fourth-order valence-corrected chi connectivity index (χ4v) is 0.847. The molecule has 2 N–H and O–H groups in total. The van der Waals surface area contributed by atoms with Crippen LogP contribution in [0.25, 0.3) is 0 Å². The van der Waals surface area contributed by atoms with E-state index in [0.717, 1.165) is 6.07 Å². The van der Waals surface area contributed by atoms with E-state index < -0.39 is 4.92 Å². The standard InChI is InChI=1S/C7H5N3O3/c8-4-5-1-2-6(9-11)7(3-5)10(12)13/h1-3,9,11H. The van der Waals surface area contributed by atoms with E-state index in [0.29, 0.717) is 0 Å². The van der Waals surface area contributed by atoms with Crippen LogP contribution in [0.4, 0.5) is 11.4 Å². The summed E-state index contributed by atoms with van der Waals surface area (Å²) < 4.78 is 0. The van der Waals surface area contributed by atoms with Crippen LogP contribution in [-0.4, -0.2) is 10.1 Å². The van der Waals surface area contributed by atoms with Crippen molar-refractivity contribution in [2.75, 3.05) is 5.48 Å². The van der Waals surface area contributed by atoms with Crippen molar-refractivity contribution in [1.29, 1.82) is 5.26 Å².